The average Bonchev–Trinajstić information content (AvgIpc) is 2.31. The fourth-order valence-corrected chi connectivity index (χ4v) is 3.79. The lowest BCUT2D eigenvalue weighted by Gasteiger charge is -2.45. The third-order valence-electron chi connectivity index (χ3n) is 4.65. The van der Waals surface area contributed by atoms with Crippen LogP contribution in [0.3, 0.4) is 0 Å². The predicted octanol–water partition coefficient (Wildman–Crippen LogP) is 4.62. The van der Waals surface area contributed by atoms with Gasteiger partial charge in [-0.3, -0.25) is 0 Å². The number of nitrogens with one attached hydrogen (secondary N) is 1. The van der Waals surface area contributed by atoms with Crippen molar-refractivity contribution < 1.29 is 0 Å². The summed E-state index contributed by atoms with van der Waals surface area (Å²) in [6.07, 6.45) is 8.29. The van der Waals surface area contributed by atoms with E-state index in [2.05, 4.69) is 37.4 Å². The Labute approximate surface area is 105 Å². The summed E-state index contributed by atoms with van der Waals surface area (Å²) >= 11 is 0. The highest BCUT2D eigenvalue weighted by molar-refractivity contribution is 5.58. The lowest BCUT2D eigenvalue weighted by atomic mass is 9.71. The molecule has 0 bridgehead atoms. The molecular weight excluding hydrogens is 206 g/mol. The van der Waals surface area contributed by atoms with E-state index in [0.29, 0.717) is 11.5 Å². The fourth-order valence-electron chi connectivity index (χ4n) is 3.79. The van der Waals surface area contributed by atoms with Crippen molar-refractivity contribution in [2.24, 2.45) is 0 Å². The van der Waals surface area contributed by atoms with Crippen molar-refractivity contribution in [3.63, 3.8) is 0 Å². The summed E-state index contributed by atoms with van der Waals surface area (Å²) in [5.41, 5.74) is 4.73. The van der Waals surface area contributed by atoms with Crippen LogP contribution in [0.25, 0.3) is 0 Å². The summed E-state index contributed by atoms with van der Waals surface area (Å²) in [7, 11) is 0. The lowest BCUT2D eigenvalue weighted by Crippen LogP contribution is -2.44. The zero-order chi connectivity index (χ0) is 11.9. The largest absolute Gasteiger partial charge is 0.379 e. The lowest BCUT2D eigenvalue weighted by molar-refractivity contribution is 0.281. The van der Waals surface area contributed by atoms with E-state index in [1.54, 1.807) is 0 Å². The predicted molar refractivity (Wildman–Crippen MR) is 73.6 cm³/mol. The molecule has 1 heterocycles. The normalized spacial score (nSPS) is 26.4. The highest BCUT2D eigenvalue weighted by atomic mass is 15.0. The highest BCUT2D eigenvalue weighted by Gasteiger charge is 2.37. The maximum absolute atomic E-state index is 3.87. The molecule has 0 unspecified atom stereocenters. The average molecular weight is 229 g/mol. The van der Waals surface area contributed by atoms with E-state index in [-0.39, 0.29) is 0 Å². The number of benzene rings is 1. The minimum Gasteiger partial charge on any atom is -0.379 e. The topological polar surface area (TPSA) is 12.0 Å². The molecule has 0 saturated heterocycles. The minimum absolute atomic E-state index is 0.417. The molecule has 17 heavy (non-hydrogen) atoms. The summed E-state index contributed by atoms with van der Waals surface area (Å²) < 4.78 is 0. The Bertz CT molecular complexity index is 416. The van der Waals surface area contributed by atoms with Gasteiger partial charge in [0.25, 0.3) is 0 Å². The smallest absolute Gasteiger partial charge is 0.0379 e. The molecule has 1 atom stereocenters. The number of hydrogen-bond acceptors (Lipinski definition) is 1. The Balaban J connectivity index is 1.94. The molecule has 0 radical (unpaired) electrons. The van der Waals surface area contributed by atoms with Crippen LogP contribution >= 0.6 is 0 Å². The van der Waals surface area contributed by atoms with Gasteiger partial charge in [-0.15, -0.1) is 0 Å². The molecule has 1 aliphatic heterocycles. The van der Waals surface area contributed by atoms with Gasteiger partial charge >= 0.3 is 0 Å². The van der Waals surface area contributed by atoms with Crippen molar-refractivity contribution in [3.8, 4) is 0 Å². The minimum atomic E-state index is 0.417. The van der Waals surface area contributed by atoms with E-state index < -0.39 is 0 Å². The summed E-state index contributed by atoms with van der Waals surface area (Å²) in [6, 6.07) is 6.89. The van der Waals surface area contributed by atoms with Gasteiger partial charge in [-0.1, -0.05) is 43.9 Å². The fraction of sp³-hybridized carbons (Fsp3) is 0.625. The SMILES string of the molecule is Cc1ccc2c(c1)[C@@H](C)CC1(CCCCC1)N2. The second-order valence-corrected chi connectivity index (χ2v) is 6.16. The first kappa shape index (κ1) is 11.1. The maximum Gasteiger partial charge on any atom is 0.0379 e. The molecule has 1 aliphatic carbocycles. The number of anilines is 1. The Morgan fingerprint density at radius 2 is 1.94 bits per heavy atom. The Kier molecular flexibility index (Phi) is 2.65. The van der Waals surface area contributed by atoms with Gasteiger partial charge in [-0.25, -0.2) is 0 Å². The second-order valence-electron chi connectivity index (χ2n) is 6.16. The van der Waals surface area contributed by atoms with Crippen LogP contribution in [0.5, 0.6) is 0 Å². The zero-order valence-corrected chi connectivity index (χ0v) is 11.1. The van der Waals surface area contributed by atoms with Crippen molar-refractivity contribution in [2.45, 2.75) is 63.8 Å². The van der Waals surface area contributed by atoms with Gasteiger partial charge in [0.15, 0.2) is 0 Å². The molecule has 1 fully saturated rings. The molecule has 92 valence electrons. The first-order valence-electron chi connectivity index (χ1n) is 7.07. The Morgan fingerprint density at radius 3 is 2.71 bits per heavy atom. The summed E-state index contributed by atoms with van der Waals surface area (Å²) in [4.78, 5) is 0. The molecule has 2 aliphatic rings. The molecule has 1 saturated carbocycles. The summed E-state index contributed by atoms with van der Waals surface area (Å²) in [6.45, 7) is 4.59. The molecular formula is C16H23N. The number of aryl methyl sites for hydroxylation is 1. The van der Waals surface area contributed by atoms with Crippen LogP contribution < -0.4 is 5.32 Å². The third kappa shape index (κ3) is 1.96. The van der Waals surface area contributed by atoms with Gasteiger partial charge in [0.05, 0.1) is 0 Å². The molecule has 1 nitrogen and oxygen atoms in total. The molecule has 1 aromatic rings. The van der Waals surface area contributed by atoms with Gasteiger partial charge in [-0.2, -0.15) is 0 Å². The number of hydrogen-bond donors (Lipinski definition) is 1. The van der Waals surface area contributed by atoms with E-state index in [1.165, 1.54) is 55.3 Å². The maximum atomic E-state index is 3.87. The second kappa shape index (κ2) is 4.04. The molecule has 3 rings (SSSR count). The molecule has 1 N–H and O–H groups in total. The van der Waals surface area contributed by atoms with Crippen LogP contribution in [0, 0.1) is 6.92 Å². The van der Waals surface area contributed by atoms with Gasteiger partial charge < -0.3 is 5.32 Å². The monoisotopic (exact) mass is 229 g/mol. The van der Waals surface area contributed by atoms with E-state index in [0.717, 1.165) is 0 Å². The van der Waals surface area contributed by atoms with E-state index in [4.69, 9.17) is 0 Å². The van der Waals surface area contributed by atoms with Crippen LogP contribution in [0.1, 0.15) is 62.5 Å². The van der Waals surface area contributed by atoms with Crippen LogP contribution in [0.4, 0.5) is 5.69 Å². The van der Waals surface area contributed by atoms with Crippen molar-refractivity contribution >= 4 is 5.69 Å². The first-order chi connectivity index (χ1) is 8.19. The van der Waals surface area contributed by atoms with Crippen molar-refractivity contribution in [3.05, 3.63) is 29.3 Å². The van der Waals surface area contributed by atoms with Gasteiger partial charge in [0.2, 0.25) is 0 Å². The van der Waals surface area contributed by atoms with E-state index in [1.807, 2.05) is 0 Å². The Morgan fingerprint density at radius 1 is 1.18 bits per heavy atom. The van der Waals surface area contributed by atoms with Crippen LogP contribution in [-0.4, -0.2) is 5.54 Å². The summed E-state index contributed by atoms with van der Waals surface area (Å²) in [5.74, 6) is 0.712. The van der Waals surface area contributed by atoms with Gasteiger partial charge in [0, 0.05) is 11.2 Å². The molecule has 0 amide bonds. The van der Waals surface area contributed by atoms with Gasteiger partial charge in [-0.05, 0) is 43.7 Å². The molecule has 0 aromatic heterocycles. The van der Waals surface area contributed by atoms with Crippen LogP contribution in [0.2, 0.25) is 0 Å². The van der Waals surface area contributed by atoms with Gasteiger partial charge in [0.1, 0.15) is 0 Å². The number of fused-ring (bicyclic) bond motifs is 1. The first-order valence-corrected chi connectivity index (χ1v) is 7.07. The standard InChI is InChI=1S/C16H23N/c1-12-6-7-15-14(10-12)13(2)11-16(17-15)8-4-3-5-9-16/h6-7,10,13,17H,3-5,8-9,11H2,1-2H3/t13-/m0/s1. The highest BCUT2D eigenvalue weighted by Crippen LogP contribution is 2.45. The third-order valence-corrected chi connectivity index (χ3v) is 4.65. The van der Waals surface area contributed by atoms with E-state index in [9.17, 15) is 0 Å². The van der Waals surface area contributed by atoms with Crippen molar-refractivity contribution in [2.75, 3.05) is 5.32 Å². The summed E-state index contributed by atoms with van der Waals surface area (Å²) in [5, 5.41) is 3.87. The molecule has 1 aromatic carbocycles. The quantitative estimate of drug-likeness (QED) is 0.684. The zero-order valence-electron chi connectivity index (χ0n) is 11.1. The number of rotatable bonds is 0. The molecule has 1 heteroatoms. The van der Waals surface area contributed by atoms with Crippen molar-refractivity contribution in [1.29, 1.82) is 0 Å². The van der Waals surface area contributed by atoms with Crippen LogP contribution in [0.15, 0.2) is 18.2 Å². The Hall–Kier alpha value is -0.980. The van der Waals surface area contributed by atoms with E-state index >= 15 is 0 Å². The molecule has 1 spiro atoms. The van der Waals surface area contributed by atoms with Crippen molar-refractivity contribution in [1.82, 2.24) is 0 Å². The van der Waals surface area contributed by atoms with Crippen LogP contribution in [-0.2, 0) is 0 Å².